The fourth-order valence-corrected chi connectivity index (χ4v) is 3.00. The van der Waals surface area contributed by atoms with E-state index in [2.05, 4.69) is 30.8 Å². The summed E-state index contributed by atoms with van der Waals surface area (Å²) in [7, 11) is -1.52. The van der Waals surface area contributed by atoms with E-state index in [4.69, 9.17) is 0 Å². The van der Waals surface area contributed by atoms with Crippen LogP contribution in [0.2, 0.25) is 0 Å². The van der Waals surface area contributed by atoms with Crippen LogP contribution in [0.5, 0.6) is 0 Å². The van der Waals surface area contributed by atoms with Crippen LogP contribution in [0.1, 0.15) is 39.3 Å². The van der Waals surface area contributed by atoms with Gasteiger partial charge in [-0.25, -0.2) is 13.1 Å². The molecule has 0 atom stereocenters. The monoisotopic (exact) mass is 301 g/mol. The molecule has 0 bridgehead atoms. The molecule has 0 spiro atoms. The summed E-state index contributed by atoms with van der Waals surface area (Å²) in [6.45, 7) is 8.36. The molecule has 0 unspecified atom stereocenters. The van der Waals surface area contributed by atoms with E-state index >= 15 is 0 Å². The molecule has 20 heavy (non-hydrogen) atoms. The first kappa shape index (κ1) is 17.2. The Balaban J connectivity index is 2.68. The first-order valence-corrected chi connectivity index (χ1v) is 8.70. The van der Waals surface area contributed by atoms with Crippen LogP contribution in [-0.4, -0.2) is 26.1 Å². The fourth-order valence-electron chi connectivity index (χ4n) is 1.86. The highest BCUT2D eigenvalue weighted by Crippen LogP contribution is 2.13. The van der Waals surface area contributed by atoms with Gasteiger partial charge in [0, 0.05) is 32.0 Å². The molecule has 0 aliphatic rings. The van der Waals surface area contributed by atoms with Gasteiger partial charge in [-0.15, -0.1) is 0 Å². The van der Waals surface area contributed by atoms with Gasteiger partial charge in [0.25, 0.3) is 0 Å². The molecule has 2 N–H and O–H groups in total. The summed E-state index contributed by atoms with van der Waals surface area (Å²) in [6.07, 6.45) is 3.57. The van der Waals surface area contributed by atoms with Crippen LogP contribution in [0.3, 0.4) is 0 Å². The van der Waals surface area contributed by atoms with Crippen LogP contribution in [0.25, 0.3) is 0 Å². The van der Waals surface area contributed by atoms with Gasteiger partial charge in [-0.3, -0.25) is 0 Å². The largest absolute Gasteiger partial charge is 0.352 e. The molecule has 116 valence electrons. The summed E-state index contributed by atoms with van der Waals surface area (Å²) < 4.78 is 28.8. The van der Waals surface area contributed by atoms with Gasteiger partial charge in [0.15, 0.2) is 0 Å². The predicted molar refractivity (Wildman–Crippen MR) is 82.1 cm³/mol. The first-order valence-electron chi connectivity index (χ1n) is 7.22. The SMILES string of the molecule is CCCNCc1cc(S(=O)(=O)NCCC(C)C)cn1C. The van der Waals surface area contributed by atoms with Crippen molar-refractivity contribution in [3.8, 4) is 0 Å². The van der Waals surface area contributed by atoms with Gasteiger partial charge in [0.1, 0.15) is 0 Å². The molecule has 0 saturated carbocycles. The van der Waals surface area contributed by atoms with Crippen molar-refractivity contribution in [1.29, 1.82) is 0 Å². The lowest BCUT2D eigenvalue weighted by atomic mass is 10.1. The lowest BCUT2D eigenvalue weighted by Crippen LogP contribution is -2.25. The zero-order valence-electron chi connectivity index (χ0n) is 12.9. The highest BCUT2D eigenvalue weighted by Gasteiger charge is 2.17. The average Bonchev–Trinajstić information content (AvgIpc) is 2.71. The van der Waals surface area contributed by atoms with E-state index in [0.29, 0.717) is 23.9 Å². The molecule has 6 heteroatoms. The average molecular weight is 301 g/mol. The van der Waals surface area contributed by atoms with Crippen molar-refractivity contribution in [1.82, 2.24) is 14.6 Å². The molecule has 0 aliphatic heterocycles. The Hall–Kier alpha value is -0.850. The van der Waals surface area contributed by atoms with Gasteiger partial charge < -0.3 is 9.88 Å². The fraction of sp³-hybridized carbons (Fsp3) is 0.714. The van der Waals surface area contributed by atoms with E-state index in [1.807, 2.05) is 11.6 Å². The summed E-state index contributed by atoms with van der Waals surface area (Å²) in [5.74, 6) is 0.488. The third-order valence-corrected chi connectivity index (χ3v) is 4.57. The molecule has 1 aromatic heterocycles. The van der Waals surface area contributed by atoms with Crippen LogP contribution in [0.15, 0.2) is 17.2 Å². The topological polar surface area (TPSA) is 63.1 Å². The summed E-state index contributed by atoms with van der Waals surface area (Å²) in [6, 6.07) is 1.74. The van der Waals surface area contributed by atoms with Crippen molar-refractivity contribution < 1.29 is 8.42 Å². The second kappa shape index (κ2) is 7.81. The molecule has 5 nitrogen and oxygen atoms in total. The van der Waals surface area contributed by atoms with E-state index < -0.39 is 10.0 Å². The van der Waals surface area contributed by atoms with Gasteiger partial charge >= 0.3 is 0 Å². The van der Waals surface area contributed by atoms with Crippen molar-refractivity contribution in [2.75, 3.05) is 13.1 Å². The Morgan fingerprint density at radius 3 is 2.60 bits per heavy atom. The normalized spacial score (nSPS) is 12.2. The predicted octanol–water partition coefficient (Wildman–Crippen LogP) is 1.85. The lowest BCUT2D eigenvalue weighted by Gasteiger charge is -2.06. The van der Waals surface area contributed by atoms with Crippen molar-refractivity contribution in [2.45, 2.75) is 45.1 Å². The van der Waals surface area contributed by atoms with Gasteiger partial charge in [0.05, 0.1) is 4.90 Å². The summed E-state index contributed by atoms with van der Waals surface area (Å²) >= 11 is 0. The van der Waals surface area contributed by atoms with E-state index in [0.717, 1.165) is 25.1 Å². The third-order valence-electron chi connectivity index (χ3n) is 3.14. The van der Waals surface area contributed by atoms with E-state index in [-0.39, 0.29) is 0 Å². The maximum Gasteiger partial charge on any atom is 0.242 e. The van der Waals surface area contributed by atoms with Crippen molar-refractivity contribution in [3.05, 3.63) is 18.0 Å². The molecule has 0 radical (unpaired) electrons. The molecule has 1 rings (SSSR count). The smallest absolute Gasteiger partial charge is 0.242 e. The minimum Gasteiger partial charge on any atom is -0.352 e. The zero-order chi connectivity index (χ0) is 15.2. The Morgan fingerprint density at radius 2 is 2.00 bits per heavy atom. The second-order valence-electron chi connectivity index (χ2n) is 5.54. The summed E-state index contributed by atoms with van der Waals surface area (Å²) in [4.78, 5) is 0.344. The Kier molecular flexibility index (Phi) is 6.71. The van der Waals surface area contributed by atoms with Gasteiger partial charge in [0.2, 0.25) is 10.0 Å². The second-order valence-corrected chi connectivity index (χ2v) is 7.30. The Labute approximate surface area is 122 Å². The molecule has 1 heterocycles. The standard InChI is InChI=1S/C14H27N3O2S/c1-5-7-15-10-13-9-14(11-17(13)4)20(18,19)16-8-6-12(2)3/h9,11-12,15-16H,5-8,10H2,1-4H3. The Morgan fingerprint density at radius 1 is 1.30 bits per heavy atom. The summed E-state index contributed by atoms with van der Waals surface area (Å²) in [5, 5.41) is 3.28. The van der Waals surface area contributed by atoms with E-state index in [9.17, 15) is 8.42 Å². The van der Waals surface area contributed by atoms with Crippen LogP contribution in [0.4, 0.5) is 0 Å². The van der Waals surface area contributed by atoms with E-state index in [1.54, 1.807) is 12.3 Å². The quantitative estimate of drug-likeness (QED) is 0.684. The molecular weight excluding hydrogens is 274 g/mol. The highest BCUT2D eigenvalue weighted by atomic mass is 32.2. The first-order chi connectivity index (χ1) is 9.36. The highest BCUT2D eigenvalue weighted by molar-refractivity contribution is 7.89. The van der Waals surface area contributed by atoms with E-state index in [1.165, 1.54) is 0 Å². The van der Waals surface area contributed by atoms with Gasteiger partial charge in [-0.05, 0) is 31.4 Å². The van der Waals surface area contributed by atoms with Crippen LogP contribution in [0, 0.1) is 5.92 Å². The third kappa shape index (κ3) is 5.26. The van der Waals surface area contributed by atoms with Gasteiger partial charge in [-0.1, -0.05) is 20.8 Å². The number of rotatable bonds is 9. The number of nitrogens with one attached hydrogen (secondary N) is 2. The van der Waals surface area contributed by atoms with Crippen LogP contribution in [-0.2, 0) is 23.6 Å². The number of hydrogen-bond acceptors (Lipinski definition) is 3. The minimum absolute atomic E-state index is 0.344. The van der Waals surface area contributed by atoms with Crippen LogP contribution < -0.4 is 10.0 Å². The van der Waals surface area contributed by atoms with Crippen molar-refractivity contribution >= 4 is 10.0 Å². The zero-order valence-corrected chi connectivity index (χ0v) is 13.8. The number of aromatic nitrogens is 1. The molecular formula is C14H27N3O2S. The maximum absolute atomic E-state index is 12.2. The van der Waals surface area contributed by atoms with Crippen LogP contribution >= 0.6 is 0 Å². The number of aryl methyl sites for hydroxylation is 1. The van der Waals surface area contributed by atoms with Crippen molar-refractivity contribution in [3.63, 3.8) is 0 Å². The minimum atomic E-state index is -3.39. The maximum atomic E-state index is 12.2. The van der Waals surface area contributed by atoms with Gasteiger partial charge in [-0.2, -0.15) is 0 Å². The Bertz CT molecular complexity index is 506. The molecule has 1 aromatic rings. The van der Waals surface area contributed by atoms with Crippen molar-refractivity contribution in [2.24, 2.45) is 13.0 Å². The molecule has 0 fully saturated rings. The number of hydrogen-bond donors (Lipinski definition) is 2. The molecule has 0 amide bonds. The number of nitrogens with zero attached hydrogens (tertiary/aromatic N) is 1. The lowest BCUT2D eigenvalue weighted by molar-refractivity contribution is 0.551. The molecule has 0 aliphatic carbocycles. The summed E-state index contributed by atoms with van der Waals surface area (Å²) in [5.41, 5.74) is 0.975. The molecule has 0 aromatic carbocycles. The number of sulfonamides is 1. The molecule has 0 saturated heterocycles.